The van der Waals surface area contributed by atoms with Crippen LogP contribution in [-0.2, 0) is 10.0 Å². The minimum absolute atomic E-state index is 0.0539. The number of hydrogen-bond acceptors (Lipinski definition) is 6. The Hall–Kier alpha value is -3.36. The lowest BCUT2D eigenvalue weighted by Gasteiger charge is -2.15. The first kappa shape index (κ1) is 24.3. The van der Waals surface area contributed by atoms with Gasteiger partial charge >= 0.3 is 0 Å². The van der Waals surface area contributed by atoms with Crippen molar-refractivity contribution in [3.63, 3.8) is 0 Å². The molecular formula is C24H25ClN4O3S. The minimum Gasteiger partial charge on any atom is -0.497 e. The number of fused-ring (bicyclic) bond motifs is 1. The molecule has 2 N–H and O–H groups in total. The number of anilines is 3. The predicted molar refractivity (Wildman–Crippen MR) is 134 cm³/mol. The van der Waals surface area contributed by atoms with Gasteiger partial charge < -0.3 is 10.1 Å². The SMILES string of the molecule is CC.COc1ccc(Cl)c(Nc2nc3ccccc3nc2NS(=O)(=O)c2ccc(C)cc2)c1. The van der Waals surface area contributed by atoms with Crippen molar-refractivity contribution < 1.29 is 13.2 Å². The number of hydrogen-bond donors (Lipinski definition) is 2. The maximum Gasteiger partial charge on any atom is 0.263 e. The zero-order valence-electron chi connectivity index (χ0n) is 18.8. The molecule has 1 heterocycles. The molecule has 0 radical (unpaired) electrons. The van der Waals surface area contributed by atoms with Crippen LogP contribution < -0.4 is 14.8 Å². The van der Waals surface area contributed by atoms with E-state index in [1.807, 2.05) is 26.8 Å². The van der Waals surface area contributed by atoms with Gasteiger partial charge in [-0.1, -0.05) is 55.3 Å². The van der Waals surface area contributed by atoms with Crippen molar-refractivity contribution in [2.75, 3.05) is 17.1 Å². The van der Waals surface area contributed by atoms with Crippen LogP contribution in [-0.4, -0.2) is 25.5 Å². The third-order valence-electron chi connectivity index (χ3n) is 4.56. The van der Waals surface area contributed by atoms with Gasteiger partial charge in [0.1, 0.15) is 5.75 Å². The van der Waals surface area contributed by atoms with Gasteiger partial charge in [-0.25, -0.2) is 18.4 Å². The number of halogens is 1. The molecular weight excluding hydrogens is 460 g/mol. The Bertz CT molecular complexity index is 1360. The molecule has 0 fully saturated rings. The monoisotopic (exact) mass is 484 g/mol. The summed E-state index contributed by atoms with van der Waals surface area (Å²) < 4.78 is 33.7. The van der Waals surface area contributed by atoms with E-state index >= 15 is 0 Å². The van der Waals surface area contributed by atoms with Crippen molar-refractivity contribution in [1.82, 2.24) is 9.97 Å². The van der Waals surface area contributed by atoms with E-state index in [4.69, 9.17) is 16.3 Å². The summed E-state index contributed by atoms with van der Waals surface area (Å²) in [5.41, 5.74) is 2.61. The van der Waals surface area contributed by atoms with E-state index in [9.17, 15) is 8.42 Å². The largest absolute Gasteiger partial charge is 0.497 e. The van der Waals surface area contributed by atoms with E-state index < -0.39 is 10.0 Å². The van der Waals surface area contributed by atoms with E-state index in [2.05, 4.69) is 20.0 Å². The molecule has 0 saturated heterocycles. The molecule has 33 heavy (non-hydrogen) atoms. The van der Waals surface area contributed by atoms with E-state index in [-0.39, 0.29) is 16.5 Å². The van der Waals surface area contributed by atoms with Crippen LogP contribution in [0.1, 0.15) is 19.4 Å². The van der Waals surface area contributed by atoms with Crippen molar-refractivity contribution in [3.8, 4) is 5.75 Å². The highest BCUT2D eigenvalue weighted by Crippen LogP contribution is 2.32. The van der Waals surface area contributed by atoms with Gasteiger partial charge in [-0.2, -0.15) is 0 Å². The Labute approximate surface area is 198 Å². The van der Waals surface area contributed by atoms with E-state index in [0.717, 1.165) is 5.56 Å². The lowest BCUT2D eigenvalue weighted by atomic mass is 10.2. The Kier molecular flexibility index (Phi) is 7.73. The molecule has 0 aliphatic heterocycles. The van der Waals surface area contributed by atoms with Crippen molar-refractivity contribution in [2.24, 2.45) is 0 Å². The van der Waals surface area contributed by atoms with Crippen LogP contribution in [0.5, 0.6) is 5.75 Å². The number of aryl methyl sites for hydroxylation is 1. The van der Waals surface area contributed by atoms with Gasteiger partial charge in [-0.15, -0.1) is 0 Å². The fraction of sp³-hybridized carbons (Fsp3) is 0.167. The van der Waals surface area contributed by atoms with E-state index in [1.54, 1.807) is 55.6 Å². The maximum atomic E-state index is 13.0. The molecule has 0 saturated carbocycles. The van der Waals surface area contributed by atoms with Gasteiger partial charge in [0.2, 0.25) is 0 Å². The molecule has 4 rings (SSSR count). The highest BCUT2D eigenvalue weighted by molar-refractivity contribution is 7.92. The van der Waals surface area contributed by atoms with Crippen molar-refractivity contribution in [3.05, 3.63) is 77.3 Å². The molecule has 0 atom stereocenters. The summed E-state index contributed by atoms with van der Waals surface area (Å²) in [6.45, 7) is 5.89. The van der Waals surface area contributed by atoms with Gasteiger partial charge in [0.15, 0.2) is 11.6 Å². The van der Waals surface area contributed by atoms with Crippen LogP contribution in [0.15, 0.2) is 71.6 Å². The highest BCUT2D eigenvalue weighted by Gasteiger charge is 2.19. The molecule has 3 aromatic carbocycles. The van der Waals surface area contributed by atoms with Crippen molar-refractivity contribution >= 4 is 50.0 Å². The number of methoxy groups -OCH3 is 1. The maximum absolute atomic E-state index is 13.0. The van der Waals surface area contributed by atoms with Gasteiger partial charge in [0.25, 0.3) is 10.0 Å². The number of nitrogens with one attached hydrogen (secondary N) is 2. The molecule has 0 amide bonds. The van der Waals surface area contributed by atoms with Gasteiger partial charge in [0, 0.05) is 6.07 Å². The molecule has 7 nitrogen and oxygen atoms in total. The third-order valence-corrected chi connectivity index (χ3v) is 6.24. The van der Waals surface area contributed by atoms with E-state index in [0.29, 0.717) is 27.5 Å². The number of sulfonamides is 1. The number of benzene rings is 3. The van der Waals surface area contributed by atoms with Crippen LogP contribution in [0.2, 0.25) is 5.02 Å². The summed E-state index contributed by atoms with van der Waals surface area (Å²) in [6, 6.07) is 18.8. The van der Waals surface area contributed by atoms with Crippen LogP contribution in [0.4, 0.5) is 17.3 Å². The quantitative estimate of drug-likeness (QED) is 0.340. The first-order chi connectivity index (χ1) is 15.9. The van der Waals surface area contributed by atoms with Gasteiger partial charge in [-0.3, -0.25) is 4.72 Å². The predicted octanol–water partition coefficient (Wildman–Crippen LogP) is 6.17. The molecule has 9 heteroatoms. The Morgan fingerprint density at radius 2 is 1.48 bits per heavy atom. The second-order valence-electron chi connectivity index (χ2n) is 6.80. The Morgan fingerprint density at radius 1 is 0.879 bits per heavy atom. The molecule has 0 unspecified atom stereocenters. The molecule has 172 valence electrons. The average molecular weight is 485 g/mol. The molecule has 0 aliphatic rings. The van der Waals surface area contributed by atoms with Gasteiger partial charge in [-0.05, 0) is 43.3 Å². The summed E-state index contributed by atoms with van der Waals surface area (Å²) in [5, 5.41) is 3.50. The van der Waals surface area contributed by atoms with Crippen LogP contribution in [0.25, 0.3) is 11.0 Å². The molecule has 1 aromatic heterocycles. The topological polar surface area (TPSA) is 93.2 Å². The summed E-state index contributed by atoms with van der Waals surface area (Å²) in [7, 11) is -2.34. The van der Waals surface area contributed by atoms with Crippen molar-refractivity contribution in [2.45, 2.75) is 25.7 Å². The molecule has 0 aliphatic carbocycles. The summed E-state index contributed by atoms with van der Waals surface area (Å²) in [4.78, 5) is 9.16. The number of nitrogens with zero attached hydrogens (tertiary/aromatic N) is 2. The highest BCUT2D eigenvalue weighted by atomic mass is 35.5. The normalized spacial score (nSPS) is 10.8. The zero-order valence-corrected chi connectivity index (χ0v) is 20.3. The molecule has 0 bridgehead atoms. The first-order valence-electron chi connectivity index (χ1n) is 10.3. The fourth-order valence-corrected chi connectivity index (χ4v) is 4.09. The Balaban J connectivity index is 0.00000149. The van der Waals surface area contributed by atoms with Crippen molar-refractivity contribution in [1.29, 1.82) is 0 Å². The lowest BCUT2D eigenvalue weighted by Crippen LogP contribution is -2.16. The number of para-hydroxylation sites is 2. The number of ether oxygens (including phenoxy) is 1. The zero-order chi connectivity index (χ0) is 24.0. The van der Waals surface area contributed by atoms with Crippen LogP contribution >= 0.6 is 11.6 Å². The summed E-state index contributed by atoms with van der Waals surface area (Å²) in [5.74, 6) is 0.852. The second kappa shape index (κ2) is 10.5. The van der Waals surface area contributed by atoms with E-state index in [1.165, 1.54) is 12.1 Å². The number of rotatable bonds is 6. The third kappa shape index (κ3) is 5.71. The standard InChI is InChI=1S/C22H19ClN4O3S.C2H6/c1-14-7-10-16(11-8-14)31(28,29)27-22-21(24-18-5-3-4-6-19(18)25-22)26-20-13-15(30-2)9-12-17(20)23;1-2/h3-13H,1-2H3,(H,24,26)(H,25,27);1-2H3. The summed E-state index contributed by atoms with van der Waals surface area (Å²) >= 11 is 6.31. The second-order valence-corrected chi connectivity index (χ2v) is 8.89. The smallest absolute Gasteiger partial charge is 0.263 e. The molecule has 4 aromatic rings. The average Bonchev–Trinajstić information content (AvgIpc) is 2.82. The first-order valence-corrected chi connectivity index (χ1v) is 12.2. The lowest BCUT2D eigenvalue weighted by molar-refractivity contribution is 0.415. The van der Waals surface area contributed by atoms with Gasteiger partial charge in [0.05, 0.1) is 33.7 Å². The fourth-order valence-electron chi connectivity index (χ4n) is 2.92. The molecule has 0 spiro atoms. The van der Waals surface area contributed by atoms with Crippen LogP contribution in [0, 0.1) is 6.92 Å². The number of aromatic nitrogens is 2. The van der Waals surface area contributed by atoms with Crippen LogP contribution in [0.3, 0.4) is 0 Å². The summed E-state index contributed by atoms with van der Waals surface area (Å²) in [6.07, 6.45) is 0. The minimum atomic E-state index is -3.89. The Morgan fingerprint density at radius 3 is 2.09 bits per heavy atom.